The van der Waals surface area contributed by atoms with E-state index >= 15 is 0 Å². The number of hydrogen-bond acceptors (Lipinski definition) is 10. The molecule has 0 spiro atoms. The second-order valence-electron chi connectivity index (χ2n) is 8.27. The van der Waals surface area contributed by atoms with Crippen LogP contribution >= 0.6 is 11.6 Å². The molecule has 0 aliphatic rings. The molecule has 0 atom stereocenters. The maximum Gasteiger partial charge on any atom is 0.343 e. The molecule has 2 aromatic heterocycles. The summed E-state index contributed by atoms with van der Waals surface area (Å²) in [6, 6.07) is 16.2. The van der Waals surface area contributed by atoms with E-state index in [2.05, 4.69) is 14.8 Å². The van der Waals surface area contributed by atoms with Crippen LogP contribution in [0.1, 0.15) is 5.56 Å². The number of nitro benzene ring substituents is 1. The molecule has 5 aromatic rings. The third kappa shape index (κ3) is 4.95. The predicted molar refractivity (Wildman–Crippen MR) is 146 cm³/mol. The first-order chi connectivity index (χ1) is 19.3. The van der Waals surface area contributed by atoms with E-state index in [0.717, 1.165) is 17.9 Å². The van der Waals surface area contributed by atoms with Gasteiger partial charge in [0.25, 0.3) is 5.56 Å². The lowest BCUT2D eigenvalue weighted by Crippen LogP contribution is -2.20. The molecule has 0 fully saturated rings. The minimum atomic E-state index is -0.741. The smallest absolute Gasteiger partial charge is 0.343 e. The quantitative estimate of drug-likeness (QED) is 0.112. The molecule has 0 amide bonds. The maximum atomic E-state index is 13.5. The number of nitro groups is 1. The summed E-state index contributed by atoms with van der Waals surface area (Å²) in [6.45, 7) is -0.575. The van der Waals surface area contributed by atoms with E-state index in [9.17, 15) is 19.7 Å². The maximum absolute atomic E-state index is 13.5. The Labute approximate surface area is 230 Å². The number of nitrogens with zero attached hydrogens (tertiary/aromatic N) is 4. The van der Waals surface area contributed by atoms with Crippen molar-refractivity contribution < 1.29 is 28.3 Å². The number of carbonyl (C=O) groups is 1. The lowest BCUT2D eigenvalue weighted by atomic mass is 10.2. The van der Waals surface area contributed by atoms with Gasteiger partial charge in [0, 0.05) is 11.6 Å². The zero-order chi connectivity index (χ0) is 28.4. The van der Waals surface area contributed by atoms with E-state index < -0.39 is 28.7 Å². The summed E-state index contributed by atoms with van der Waals surface area (Å²) in [5.74, 6) is -0.139. The van der Waals surface area contributed by atoms with Crippen molar-refractivity contribution in [2.45, 2.75) is 0 Å². The summed E-state index contributed by atoms with van der Waals surface area (Å²) in [4.78, 5) is 40.5. The highest BCUT2D eigenvalue weighted by Crippen LogP contribution is 2.36. The molecule has 0 aliphatic carbocycles. The molecule has 0 aliphatic heterocycles. The van der Waals surface area contributed by atoms with E-state index in [1.54, 1.807) is 48.5 Å². The summed E-state index contributed by atoms with van der Waals surface area (Å²) in [5.41, 5.74) is 0.109. The number of ether oxygens (including phenoxy) is 3. The molecule has 13 heteroatoms. The minimum absolute atomic E-state index is 0.0943. The van der Waals surface area contributed by atoms with E-state index in [1.165, 1.54) is 19.4 Å². The van der Waals surface area contributed by atoms with Gasteiger partial charge in [-0.3, -0.25) is 14.9 Å². The molecule has 0 N–H and O–H groups in total. The van der Waals surface area contributed by atoms with Crippen LogP contribution in [0.5, 0.6) is 11.5 Å². The lowest BCUT2D eigenvalue weighted by molar-refractivity contribution is -0.385. The average molecular weight is 563 g/mol. The molecule has 0 bridgehead atoms. The van der Waals surface area contributed by atoms with Gasteiger partial charge in [0.05, 0.1) is 46.7 Å². The van der Waals surface area contributed by atoms with Crippen molar-refractivity contribution >= 4 is 51.3 Å². The standard InChI is InChI=1S/C27H19ClN4O8/c1-37-21-8-5-9-22-17(21)12-23(40-22)26-30-19-7-4-3-6-16(19)27(34)31(26)29-13-15-10-18(28)25(20(11-15)32(35)36)39-14-24(33)38-2/h3-13H,14H2,1-2H3. The van der Waals surface area contributed by atoms with Crippen LogP contribution in [0.4, 0.5) is 5.69 Å². The Morgan fingerprint density at radius 2 is 1.95 bits per heavy atom. The van der Waals surface area contributed by atoms with Crippen molar-refractivity contribution in [1.29, 1.82) is 0 Å². The number of furan rings is 1. The highest BCUT2D eigenvalue weighted by molar-refractivity contribution is 6.32. The van der Waals surface area contributed by atoms with Gasteiger partial charge in [0.1, 0.15) is 11.3 Å². The number of carbonyl (C=O) groups excluding carboxylic acids is 1. The van der Waals surface area contributed by atoms with Crippen molar-refractivity contribution in [3.05, 3.63) is 91.7 Å². The number of halogens is 1. The zero-order valence-corrected chi connectivity index (χ0v) is 21.7. The SMILES string of the molecule is COC(=O)COc1c(Cl)cc(C=Nn2c(-c3cc4c(OC)cccc4o3)nc3ccccc3c2=O)cc1[N+](=O)[O-]. The number of para-hydroxylation sites is 1. The zero-order valence-electron chi connectivity index (χ0n) is 21.0. The van der Waals surface area contributed by atoms with Crippen LogP contribution in [0.15, 0.2) is 75.0 Å². The van der Waals surface area contributed by atoms with Gasteiger partial charge in [-0.25, -0.2) is 9.78 Å². The molecule has 2 heterocycles. The Hall–Kier alpha value is -5.23. The van der Waals surface area contributed by atoms with Gasteiger partial charge in [0.2, 0.25) is 11.6 Å². The monoisotopic (exact) mass is 562 g/mol. The molecule has 0 saturated carbocycles. The van der Waals surface area contributed by atoms with Crippen LogP contribution in [0.2, 0.25) is 5.02 Å². The minimum Gasteiger partial charge on any atom is -0.496 e. The van der Waals surface area contributed by atoms with Crippen LogP contribution in [0.3, 0.4) is 0 Å². The molecule has 0 radical (unpaired) electrons. The largest absolute Gasteiger partial charge is 0.496 e. The van der Waals surface area contributed by atoms with Gasteiger partial charge in [-0.15, -0.1) is 0 Å². The second kappa shape index (κ2) is 10.9. The van der Waals surface area contributed by atoms with E-state index in [0.29, 0.717) is 27.6 Å². The number of fused-ring (bicyclic) bond motifs is 2. The van der Waals surface area contributed by atoms with Crippen LogP contribution in [-0.2, 0) is 9.53 Å². The molecular weight excluding hydrogens is 544 g/mol. The van der Waals surface area contributed by atoms with E-state index in [-0.39, 0.29) is 27.9 Å². The van der Waals surface area contributed by atoms with Crippen LogP contribution in [0, 0.1) is 10.1 Å². The number of aromatic nitrogens is 2. The Morgan fingerprint density at radius 3 is 2.70 bits per heavy atom. The Balaban J connectivity index is 1.64. The van der Waals surface area contributed by atoms with Gasteiger partial charge in [-0.2, -0.15) is 9.78 Å². The molecule has 3 aromatic carbocycles. The molecule has 0 unspecified atom stereocenters. The lowest BCUT2D eigenvalue weighted by Gasteiger charge is -2.09. The predicted octanol–water partition coefficient (Wildman–Crippen LogP) is 4.81. The summed E-state index contributed by atoms with van der Waals surface area (Å²) < 4.78 is 22.1. The Bertz CT molecular complexity index is 1880. The summed E-state index contributed by atoms with van der Waals surface area (Å²) >= 11 is 6.25. The number of benzene rings is 3. The van der Waals surface area contributed by atoms with Gasteiger partial charge in [-0.05, 0) is 36.4 Å². The van der Waals surface area contributed by atoms with Gasteiger partial charge in [0.15, 0.2) is 12.4 Å². The fourth-order valence-electron chi connectivity index (χ4n) is 3.98. The molecule has 12 nitrogen and oxygen atoms in total. The number of rotatable bonds is 8. The molecule has 0 saturated heterocycles. The summed E-state index contributed by atoms with van der Waals surface area (Å²) in [6.07, 6.45) is 1.22. The third-order valence-electron chi connectivity index (χ3n) is 5.84. The van der Waals surface area contributed by atoms with Crippen molar-refractivity contribution in [1.82, 2.24) is 9.66 Å². The van der Waals surface area contributed by atoms with Crippen LogP contribution in [-0.4, -0.2) is 47.6 Å². The van der Waals surface area contributed by atoms with E-state index in [1.807, 2.05) is 0 Å². The van der Waals surface area contributed by atoms with Gasteiger partial charge >= 0.3 is 11.7 Å². The number of hydrogen-bond donors (Lipinski definition) is 0. The summed E-state index contributed by atoms with van der Waals surface area (Å²) in [7, 11) is 2.69. The van der Waals surface area contributed by atoms with Gasteiger partial charge in [-0.1, -0.05) is 29.8 Å². The number of esters is 1. The van der Waals surface area contributed by atoms with Crippen LogP contribution < -0.4 is 15.0 Å². The first kappa shape index (κ1) is 26.4. The molecule has 202 valence electrons. The third-order valence-corrected chi connectivity index (χ3v) is 6.12. The number of methoxy groups -OCH3 is 2. The molecule has 5 rings (SSSR count). The van der Waals surface area contributed by atoms with Crippen molar-refractivity contribution in [3.8, 4) is 23.1 Å². The van der Waals surface area contributed by atoms with Crippen LogP contribution in [0.25, 0.3) is 33.5 Å². The molecule has 40 heavy (non-hydrogen) atoms. The van der Waals surface area contributed by atoms with Crippen molar-refractivity contribution in [2.75, 3.05) is 20.8 Å². The topological polar surface area (TPSA) is 148 Å². The first-order valence-electron chi connectivity index (χ1n) is 11.6. The van der Waals surface area contributed by atoms with E-state index in [4.69, 9.17) is 25.5 Å². The van der Waals surface area contributed by atoms with Gasteiger partial charge < -0.3 is 18.6 Å². The highest BCUT2D eigenvalue weighted by atomic mass is 35.5. The molecular formula is C27H19ClN4O8. The Kier molecular flexibility index (Phi) is 7.17. The highest BCUT2D eigenvalue weighted by Gasteiger charge is 2.22. The fraction of sp³-hybridized carbons (Fsp3) is 0.111. The fourth-order valence-corrected chi connectivity index (χ4v) is 4.26. The second-order valence-corrected chi connectivity index (χ2v) is 8.68. The normalized spacial score (nSPS) is 11.3. The van der Waals surface area contributed by atoms with Crippen molar-refractivity contribution in [3.63, 3.8) is 0 Å². The van der Waals surface area contributed by atoms with Crippen molar-refractivity contribution in [2.24, 2.45) is 5.10 Å². The average Bonchev–Trinajstić information content (AvgIpc) is 3.40. The summed E-state index contributed by atoms with van der Waals surface area (Å²) in [5, 5.41) is 16.8. The first-order valence-corrected chi connectivity index (χ1v) is 12.0. The Morgan fingerprint density at radius 1 is 1.15 bits per heavy atom.